The number of imidazole rings is 1. The lowest BCUT2D eigenvalue weighted by Gasteiger charge is -2.33. The van der Waals surface area contributed by atoms with E-state index in [0.29, 0.717) is 42.5 Å². The van der Waals surface area contributed by atoms with Gasteiger partial charge in [0.1, 0.15) is 5.75 Å². The van der Waals surface area contributed by atoms with E-state index in [2.05, 4.69) is 4.98 Å². The number of fused-ring (bicyclic) bond motifs is 1. The Hall–Kier alpha value is -2.97. The van der Waals surface area contributed by atoms with Gasteiger partial charge in [-0.15, -0.1) is 0 Å². The summed E-state index contributed by atoms with van der Waals surface area (Å²) in [4.78, 5) is 29.6. The smallest absolute Gasteiger partial charge is 0.412 e. The highest BCUT2D eigenvalue weighted by Gasteiger charge is 2.38. The lowest BCUT2D eigenvalue weighted by Crippen LogP contribution is -2.40. The quantitative estimate of drug-likeness (QED) is 0.764. The van der Waals surface area contributed by atoms with E-state index in [4.69, 9.17) is 0 Å². The topological polar surface area (TPSA) is 78.3 Å². The number of amides is 1. The Morgan fingerprint density at radius 3 is 2.58 bits per heavy atom. The highest BCUT2D eigenvalue weighted by Crippen LogP contribution is 2.38. The number of aromatic amines is 1. The number of halogens is 3. The zero-order valence-electron chi connectivity index (χ0n) is 17.1. The minimum Gasteiger partial charge on any atom is -0.508 e. The number of allylic oxidation sites excluding steroid dienone is 3. The standard InChI is InChI=1S/C22H24F3N3O3/c1-13-10-14(2-4-17(13)22(23,24)25)11-20(30)27-8-6-15(7-9-27)28-19-12-16(29)3-5-18(19)26-21(28)31/h2-5,12-13,15,29H,6-11H2,1H3,(H,26,31). The molecule has 6 nitrogen and oxygen atoms in total. The number of rotatable bonds is 3. The lowest BCUT2D eigenvalue weighted by molar-refractivity contribution is -0.131. The van der Waals surface area contributed by atoms with Crippen molar-refractivity contribution in [2.24, 2.45) is 5.92 Å². The number of carbonyl (C=O) groups is 1. The molecule has 1 aliphatic heterocycles. The van der Waals surface area contributed by atoms with Gasteiger partial charge in [0, 0.05) is 37.2 Å². The molecule has 1 fully saturated rings. The number of carbonyl (C=O) groups excluding carboxylic acids is 1. The van der Waals surface area contributed by atoms with Gasteiger partial charge in [-0.3, -0.25) is 9.36 Å². The molecule has 2 aliphatic rings. The summed E-state index contributed by atoms with van der Waals surface area (Å²) in [7, 11) is 0. The van der Waals surface area contributed by atoms with E-state index in [1.165, 1.54) is 19.1 Å². The van der Waals surface area contributed by atoms with Crippen LogP contribution >= 0.6 is 0 Å². The minimum absolute atomic E-state index is 0.0746. The van der Waals surface area contributed by atoms with Gasteiger partial charge in [-0.25, -0.2) is 4.79 Å². The first-order valence-electron chi connectivity index (χ1n) is 10.3. The first-order chi connectivity index (χ1) is 14.6. The summed E-state index contributed by atoms with van der Waals surface area (Å²) in [5.74, 6) is -0.695. The van der Waals surface area contributed by atoms with Crippen LogP contribution in [0.25, 0.3) is 11.0 Å². The van der Waals surface area contributed by atoms with Gasteiger partial charge in [0.25, 0.3) is 0 Å². The van der Waals surface area contributed by atoms with Crippen molar-refractivity contribution >= 4 is 16.9 Å². The summed E-state index contributed by atoms with van der Waals surface area (Å²) in [5.41, 5.74) is 1.17. The lowest BCUT2D eigenvalue weighted by atomic mass is 9.86. The van der Waals surface area contributed by atoms with E-state index in [0.717, 1.165) is 6.08 Å². The first kappa shape index (κ1) is 21.3. The Morgan fingerprint density at radius 2 is 1.94 bits per heavy atom. The van der Waals surface area contributed by atoms with Crippen LogP contribution in [-0.2, 0) is 4.79 Å². The van der Waals surface area contributed by atoms with Crippen LogP contribution < -0.4 is 5.69 Å². The summed E-state index contributed by atoms with van der Waals surface area (Å²) >= 11 is 0. The van der Waals surface area contributed by atoms with Crippen LogP contribution in [0.1, 0.15) is 38.6 Å². The van der Waals surface area contributed by atoms with Gasteiger partial charge in [-0.1, -0.05) is 24.6 Å². The van der Waals surface area contributed by atoms with Crippen LogP contribution in [0, 0.1) is 5.92 Å². The van der Waals surface area contributed by atoms with Crippen LogP contribution in [-0.4, -0.2) is 44.7 Å². The van der Waals surface area contributed by atoms with Crippen molar-refractivity contribution < 1.29 is 23.1 Å². The predicted molar refractivity (Wildman–Crippen MR) is 110 cm³/mol. The summed E-state index contributed by atoms with van der Waals surface area (Å²) in [6.45, 7) is 2.46. The Kier molecular flexibility index (Phi) is 5.45. The number of nitrogens with one attached hydrogen (secondary N) is 1. The third-order valence-corrected chi connectivity index (χ3v) is 6.19. The van der Waals surface area contributed by atoms with Gasteiger partial charge in [0.15, 0.2) is 0 Å². The largest absolute Gasteiger partial charge is 0.508 e. The molecule has 2 N–H and O–H groups in total. The molecule has 0 bridgehead atoms. The Labute approximate surface area is 176 Å². The number of alkyl halides is 3. The number of likely N-dealkylation sites (tertiary alicyclic amines) is 1. The van der Waals surface area contributed by atoms with Crippen LogP contribution in [0.3, 0.4) is 0 Å². The second-order valence-corrected chi connectivity index (χ2v) is 8.34. The molecule has 1 aromatic heterocycles. The number of aromatic hydroxyl groups is 1. The fraction of sp³-hybridized carbons (Fsp3) is 0.455. The molecular weight excluding hydrogens is 411 g/mol. The normalized spacial score (nSPS) is 20.6. The zero-order chi connectivity index (χ0) is 22.3. The molecule has 1 aromatic carbocycles. The van der Waals surface area contributed by atoms with Gasteiger partial charge in [-0.05, 0) is 37.3 Å². The van der Waals surface area contributed by atoms with Crippen LogP contribution in [0.2, 0.25) is 0 Å². The van der Waals surface area contributed by atoms with Crippen molar-refractivity contribution in [2.75, 3.05) is 13.1 Å². The SMILES string of the molecule is CC1CC(CC(=O)N2CCC(n3c(=O)[nH]c4ccc(O)cc43)CC2)=CC=C1C(F)(F)F. The molecule has 0 radical (unpaired) electrons. The number of nitrogens with zero attached hydrogens (tertiary/aromatic N) is 2. The Bertz CT molecular complexity index is 1120. The second-order valence-electron chi connectivity index (χ2n) is 8.34. The number of hydrogen-bond donors (Lipinski definition) is 2. The molecule has 0 spiro atoms. The molecular formula is C22H24F3N3O3. The van der Waals surface area contributed by atoms with Gasteiger partial charge in [0.05, 0.1) is 11.0 Å². The number of aromatic nitrogens is 2. The molecule has 2 heterocycles. The van der Waals surface area contributed by atoms with E-state index in [1.807, 2.05) is 0 Å². The van der Waals surface area contributed by atoms with E-state index < -0.39 is 17.7 Å². The molecule has 31 heavy (non-hydrogen) atoms. The molecule has 2 aromatic rings. The van der Waals surface area contributed by atoms with Crippen molar-refractivity contribution in [1.29, 1.82) is 0 Å². The fourth-order valence-corrected chi connectivity index (χ4v) is 4.60. The van der Waals surface area contributed by atoms with Gasteiger partial charge < -0.3 is 15.0 Å². The van der Waals surface area contributed by atoms with Crippen molar-refractivity contribution in [3.63, 3.8) is 0 Å². The summed E-state index contributed by atoms with van der Waals surface area (Å²) in [5, 5.41) is 9.76. The highest BCUT2D eigenvalue weighted by molar-refractivity contribution is 5.79. The average molecular weight is 435 g/mol. The van der Waals surface area contributed by atoms with Crippen molar-refractivity contribution in [2.45, 2.75) is 44.8 Å². The monoisotopic (exact) mass is 435 g/mol. The van der Waals surface area contributed by atoms with Gasteiger partial charge >= 0.3 is 11.9 Å². The minimum atomic E-state index is -4.34. The molecule has 9 heteroatoms. The molecule has 1 amide bonds. The first-order valence-corrected chi connectivity index (χ1v) is 10.3. The number of phenolic OH excluding ortho intramolecular Hbond substituents is 1. The molecule has 1 aliphatic carbocycles. The highest BCUT2D eigenvalue weighted by atomic mass is 19.4. The Balaban J connectivity index is 1.41. The van der Waals surface area contributed by atoms with E-state index in [-0.39, 0.29) is 36.2 Å². The average Bonchev–Trinajstić information content (AvgIpc) is 3.02. The molecule has 166 valence electrons. The zero-order valence-corrected chi connectivity index (χ0v) is 17.1. The van der Waals surface area contributed by atoms with Crippen molar-refractivity contribution in [3.8, 4) is 5.75 Å². The summed E-state index contributed by atoms with van der Waals surface area (Å²) in [6, 6.07) is 4.61. The van der Waals surface area contributed by atoms with Crippen LogP contribution in [0.5, 0.6) is 5.75 Å². The van der Waals surface area contributed by atoms with E-state index in [9.17, 15) is 27.9 Å². The number of phenols is 1. The maximum Gasteiger partial charge on any atom is 0.412 e. The van der Waals surface area contributed by atoms with E-state index in [1.54, 1.807) is 21.6 Å². The molecule has 1 atom stereocenters. The number of benzene rings is 1. The third-order valence-electron chi connectivity index (χ3n) is 6.19. The van der Waals surface area contributed by atoms with Crippen LogP contribution in [0.15, 0.2) is 46.3 Å². The molecule has 0 saturated carbocycles. The number of hydrogen-bond acceptors (Lipinski definition) is 3. The van der Waals surface area contributed by atoms with Gasteiger partial charge in [-0.2, -0.15) is 13.2 Å². The van der Waals surface area contributed by atoms with Gasteiger partial charge in [0.2, 0.25) is 5.91 Å². The summed E-state index contributed by atoms with van der Waals surface area (Å²) < 4.78 is 40.5. The number of H-pyrrole nitrogens is 1. The maximum absolute atomic E-state index is 13.0. The molecule has 1 saturated heterocycles. The van der Waals surface area contributed by atoms with Crippen molar-refractivity contribution in [3.05, 3.63) is 52.0 Å². The predicted octanol–water partition coefficient (Wildman–Crippen LogP) is 4.04. The van der Waals surface area contributed by atoms with Crippen molar-refractivity contribution in [1.82, 2.24) is 14.5 Å². The fourth-order valence-electron chi connectivity index (χ4n) is 4.60. The second kappa shape index (κ2) is 7.94. The molecule has 1 unspecified atom stereocenters. The number of piperidine rings is 1. The van der Waals surface area contributed by atoms with E-state index >= 15 is 0 Å². The van der Waals surface area contributed by atoms with Crippen LogP contribution in [0.4, 0.5) is 13.2 Å². The summed E-state index contributed by atoms with van der Waals surface area (Å²) in [6.07, 6.45) is -0.332. The Morgan fingerprint density at radius 1 is 1.23 bits per heavy atom. The maximum atomic E-state index is 13.0. The molecule has 4 rings (SSSR count). The third kappa shape index (κ3) is 4.26.